The van der Waals surface area contributed by atoms with E-state index in [0.717, 1.165) is 30.6 Å². The highest BCUT2D eigenvalue weighted by molar-refractivity contribution is 5.36. The molecule has 1 fully saturated rings. The van der Waals surface area contributed by atoms with Crippen molar-refractivity contribution in [2.24, 2.45) is 5.41 Å². The fourth-order valence-electron chi connectivity index (χ4n) is 3.06. The van der Waals surface area contributed by atoms with Crippen molar-refractivity contribution in [1.82, 2.24) is 0 Å². The fraction of sp³-hybridized carbons (Fsp3) is 0.647. The Labute approximate surface area is 116 Å². The van der Waals surface area contributed by atoms with Gasteiger partial charge in [0.05, 0.1) is 12.7 Å². The predicted molar refractivity (Wildman–Crippen MR) is 78.4 cm³/mol. The van der Waals surface area contributed by atoms with Crippen molar-refractivity contribution in [3.63, 3.8) is 0 Å². The summed E-state index contributed by atoms with van der Waals surface area (Å²) in [7, 11) is 0. The number of benzene rings is 1. The molecular weight excluding hydrogens is 236 g/mol. The van der Waals surface area contributed by atoms with Gasteiger partial charge in [0.15, 0.2) is 0 Å². The first kappa shape index (κ1) is 14.4. The molecule has 0 spiro atoms. The lowest BCUT2D eigenvalue weighted by Gasteiger charge is -2.38. The smallest absolute Gasteiger partial charge is 0.125 e. The van der Waals surface area contributed by atoms with E-state index >= 15 is 0 Å². The van der Waals surface area contributed by atoms with E-state index < -0.39 is 6.10 Å². The average Bonchev–Trinajstić information content (AvgIpc) is 2.45. The summed E-state index contributed by atoms with van der Waals surface area (Å²) in [6.07, 6.45) is 6.54. The van der Waals surface area contributed by atoms with Crippen molar-refractivity contribution >= 4 is 0 Å². The van der Waals surface area contributed by atoms with E-state index in [1.165, 1.54) is 19.3 Å². The zero-order chi connectivity index (χ0) is 13.7. The maximum atomic E-state index is 10.8. The molecule has 1 atom stereocenters. The van der Waals surface area contributed by atoms with Crippen LogP contribution in [0.5, 0.6) is 5.75 Å². The molecule has 1 N–H and O–H groups in total. The van der Waals surface area contributed by atoms with Crippen LogP contribution in [0.4, 0.5) is 0 Å². The van der Waals surface area contributed by atoms with Crippen LogP contribution in [0.1, 0.15) is 64.0 Å². The summed E-state index contributed by atoms with van der Waals surface area (Å²) in [5, 5.41) is 10.8. The van der Waals surface area contributed by atoms with Gasteiger partial charge in [-0.15, -0.1) is 0 Å². The Kier molecular flexibility index (Phi) is 4.87. The lowest BCUT2D eigenvalue weighted by atomic mass is 9.70. The van der Waals surface area contributed by atoms with Gasteiger partial charge in [0.2, 0.25) is 0 Å². The third-order valence-corrected chi connectivity index (χ3v) is 4.33. The van der Waals surface area contributed by atoms with Crippen LogP contribution in [-0.4, -0.2) is 11.7 Å². The third kappa shape index (κ3) is 3.30. The zero-order valence-electron chi connectivity index (χ0n) is 12.2. The van der Waals surface area contributed by atoms with Crippen LogP contribution >= 0.6 is 0 Å². The number of ether oxygens (including phenoxy) is 1. The second-order valence-electron chi connectivity index (χ2n) is 6.00. The molecule has 19 heavy (non-hydrogen) atoms. The Balaban J connectivity index is 2.19. The first-order chi connectivity index (χ1) is 9.17. The van der Waals surface area contributed by atoms with Crippen LogP contribution in [0.3, 0.4) is 0 Å². The Bertz CT molecular complexity index is 394. The molecule has 0 amide bonds. The van der Waals surface area contributed by atoms with Crippen molar-refractivity contribution in [1.29, 1.82) is 0 Å². The van der Waals surface area contributed by atoms with Crippen molar-refractivity contribution in [3.05, 3.63) is 29.8 Å². The molecule has 1 aromatic rings. The number of hydrogen-bond acceptors (Lipinski definition) is 2. The quantitative estimate of drug-likeness (QED) is 0.847. The topological polar surface area (TPSA) is 29.5 Å². The van der Waals surface area contributed by atoms with E-state index in [-0.39, 0.29) is 5.41 Å². The van der Waals surface area contributed by atoms with Crippen LogP contribution in [0.25, 0.3) is 0 Å². The van der Waals surface area contributed by atoms with Crippen molar-refractivity contribution in [2.45, 2.75) is 58.5 Å². The number of aliphatic hydroxyl groups is 1. The number of para-hydroxylation sites is 1. The molecule has 0 radical (unpaired) electrons. The van der Waals surface area contributed by atoms with Crippen molar-refractivity contribution < 1.29 is 9.84 Å². The molecule has 1 unspecified atom stereocenters. The minimum Gasteiger partial charge on any atom is -0.493 e. The molecule has 1 aliphatic rings. The second-order valence-corrected chi connectivity index (χ2v) is 6.00. The lowest BCUT2D eigenvalue weighted by molar-refractivity contribution is 0.00634. The number of rotatable bonds is 5. The van der Waals surface area contributed by atoms with Gasteiger partial charge >= 0.3 is 0 Å². The Morgan fingerprint density at radius 3 is 2.58 bits per heavy atom. The minimum atomic E-state index is -0.416. The van der Waals surface area contributed by atoms with E-state index in [0.29, 0.717) is 6.61 Å². The van der Waals surface area contributed by atoms with Gasteiger partial charge in [-0.25, -0.2) is 0 Å². The van der Waals surface area contributed by atoms with E-state index in [9.17, 15) is 5.11 Å². The second kappa shape index (κ2) is 6.42. The maximum absolute atomic E-state index is 10.8. The summed E-state index contributed by atoms with van der Waals surface area (Å²) >= 11 is 0. The molecule has 2 heteroatoms. The van der Waals surface area contributed by atoms with E-state index in [1.807, 2.05) is 24.3 Å². The van der Waals surface area contributed by atoms with Gasteiger partial charge < -0.3 is 9.84 Å². The summed E-state index contributed by atoms with van der Waals surface area (Å²) < 4.78 is 5.78. The van der Waals surface area contributed by atoms with Crippen LogP contribution in [0, 0.1) is 5.41 Å². The summed E-state index contributed by atoms with van der Waals surface area (Å²) in [6, 6.07) is 7.95. The Hall–Kier alpha value is -1.02. The highest BCUT2D eigenvalue weighted by Gasteiger charge is 2.36. The highest BCUT2D eigenvalue weighted by atomic mass is 16.5. The molecule has 106 valence electrons. The summed E-state index contributed by atoms with van der Waals surface area (Å²) in [5.74, 6) is 0.851. The van der Waals surface area contributed by atoms with Gasteiger partial charge in [-0.05, 0) is 30.7 Å². The third-order valence-electron chi connectivity index (χ3n) is 4.33. The van der Waals surface area contributed by atoms with E-state index in [2.05, 4.69) is 13.8 Å². The van der Waals surface area contributed by atoms with Crippen LogP contribution in [-0.2, 0) is 0 Å². The molecule has 1 saturated carbocycles. The van der Waals surface area contributed by atoms with Gasteiger partial charge in [-0.3, -0.25) is 0 Å². The molecule has 0 aliphatic heterocycles. The molecule has 2 rings (SSSR count). The van der Waals surface area contributed by atoms with Gasteiger partial charge in [0.1, 0.15) is 5.75 Å². The Morgan fingerprint density at radius 2 is 1.89 bits per heavy atom. The van der Waals surface area contributed by atoms with Gasteiger partial charge in [-0.1, -0.05) is 51.3 Å². The largest absolute Gasteiger partial charge is 0.493 e. The molecular formula is C17H26O2. The molecule has 0 bridgehead atoms. The van der Waals surface area contributed by atoms with Crippen LogP contribution < -0.4 is 4.74 Å². The lowest BCUT2D eigenvalue weighted by Crippen LogP contribution is -2.28. The van der Waals surface area contributed by atoms with E-state index in [1.54, 1.807) is 0 Å². The standard InChI is InChI=1S/C17H26O2/c1-3-13-19-15-10-6-5-9-14(15)16(18)17(2)11-7-4-8-12-17/h5-6,9-10,16,18H,3-4,7-8,11-13H2,1-2H3. The monoisotopic (exact) mass is 262 g/mol. The van der Waals surface area contributed by atoms with E-state index in [4.69, 9.17) is 4.74 Å². The summed E-state index contributed by atoms with van der Waals surface area (Å²) in [6.45, 7) is 5.02. The molecule has 0 saturated heterocycles. The van der Waals surface area contributed by atoms with Crippen LogP contribution in [0.15, 0.2) is 24.3 Å². The molecule has 1 aromatic carbocycles. The van der Waals surface area contributed by atoms with Gasteiger partial charge in [-0.2, -0.15) is 0 Å². The molecule has 0 aromatic heterocycles. The van der Waals surface area contributed by atoms with Crippen LogP contribution in [0.2, 0.25) is 0 Å². The molecule has 0 heterocycles. The summed E-state index contributed by atoms with van der Waals surface area (Å²) in [5.41, 5.74) is 0.963. The maximum Gasteiger partial charge on any atom is 0.125 e. The normalized spacial score (nSPS) is 19.9. The zero-order valence-corrected chi connectivity index (χ0v) is 12.2. The molecule has 1 aliphatic carbocycles. The fourth-order valence-corrected chi connectivity index (χ4v) is 3.06. The summed E-state index contributed by atoms with van der Waals surface area (Å²) in [4.78, 5) is 0. The predicted octanol–water partition coefficient (Wildman–Crippen LogP) is 4.48. The van der Waals surface area contributed by atoms with Gasteiger partial charge in [0, 0.05) is 5.56 Å². The first-order valence-corrected chi connectivity index (χ1v) is 7.57. The number of aliphatic hydroxyl groups excluding tert-OH is 1. The van der Waals surface area contributed by atoms with Crippen molar-refractivity contribution in [3.8, 4) is 5.75 Å². The Morgan fingerprint density at radius 1 is 1.21 bits per heavy atom. The first-order valence-electron chi connectivity index (χ1n) is 7.57. The molecule has 2 nitrogen and oxygen atoms in total. The SMILES string of the molecule is CCCOc1ccccc1C(O)C1(C)CCCCC1. The van der Waals surface area contributed by atoms with Crippen molar-refractivity contribution in [2.75, 3.05) is 6.61 Å². The average molecular weight is 262 g/mol. The number of hydrogen-bond donors (Lipinski definition) is 1. The minimum absolute atomic E-state index is 0.00390. The van der Waals surface area contributed by atoms with Gasteiger partial charge in [0.25, 0.3) is 0 Å². The highest BCUT2D eigenvalue weighted by Crippen LogP contribution is 2.47.